The third-order valence-electron chi connectivity index (χ3n) is 4.51. The number of phenols is 1. The topological polar surface area (TPSA) is 70.8 Å². The van der Waals surface area contributed by atoms with Crippen LogP contribution in [-0.4, -0.2) is 29.9 Å². The van der Waals surface area contributed by atoms with Gasteiger partial charge in [-0.2, -0.15) is 0 Å². The van der Waals surface area contributed by atoms with E-state index in [1.54, 1.807) is 24.1 Å². The summed E-state index contributed by atoms with van der Waals surface area (Å²) in [5.74, 6) is -0.406. The molecule has 1 aliphatic rings. The summed E-state index contributed by atoms with van der Waals surface area (Å²) in [7, 11) is 3.64. The van der Waals surface area contributed by atoms with Gasteiger partial charge in [-0.05, 0) is 44.2 Å². The molecule has 1 aromatic heterocycles. The number of hydrogen-bond donors (Lipinski definition) is 1. The van der Waals surface area contributed by atoms with Gasteiger partial charge in [-0.25, -0.2) is 4.79 Å². The average Bonchev–Trinajstić information content (AvgIpc) is 2.56. The second-order valence-corrected chi connectivity index (χ2v) is 6.47. The lowest BCUT2D eigenvalue weighted by Gasteiger charge is -2.18. The maximum Gasteiger partial charge on any atom is 0.339 e. The van der Waals surface area contributed by atoms with Crippen LogP contribution in [0.4, 0.5) is 0 Å². The molecule has 0 amide bonds. The van der Waals surface area contributed by atoms with Crippen molar-refractivity contribution in [1.82, 2.24) is 4.90 Å². The van der Waals surface area contributed by atoms with Crippen LogP contribution >= 0.6 is 0 Å². The standard InChI is InChI=1S/C19H21NO4/c1-11-17(22)15(16(21)8-9-20(2)3)10-14-12-6-4-5-7-13(12)19(23)24-18(11)14/h8-10,22H,4-7H2,1-3H3/b9-8+. The predicted molar refractivity (Wildman–Crippen MR) is 92.7 cm³/mol. The Bertz CT molecular complexity index is 906. The molecule has 0 unspecified atom stereocenters. The molecule has 1 aliphatic carbocycles. The highest BCUT2D eigenvalue weighted by Crippen LogP contribution is 2.35. The lowest BCUT2D eigenvalue weighted by Crippen LogP contribution is -2.16. The molecule has 0 radical (unpaired) electrons. The van der Waals surface area contributed by atoms with E-state index in [9.17, 15) is 14.7 Å². The summed E-state index contributed by atoms with van der Waals surface area (Å²) < 4.78 is 5.45. The normalized spacial score (nSPS) is 14.1. The molecule has 3 rings (SSSR count). The fourth-order valence-electron chi connectivity index (χ4n) is 3.22. The number of benzene rings is 1. The maximum absolute atomic E-state index is 12.4. The number of rotatable bonds is 3. The van der Waals surface area contributed by atoms with Crippen LogP contribution in [-0.2, 0) is 12.8 Å². The number of hydrogen-bond acceptors (Lipinski definition) is 5. The second kappa shape index (κ2) is 6.15. The average molecular weight is 327 g/mol. The zero-order chi connectivity index (χ0) is 17.4. The van der Waals surface area contributed by atoms with E-state index >= 15 is 0 Å². The first kappa shape index (κ1) is 16.3. The molecule has 126 valence electrons. The molecular formula is C19H21NO4. The molecule has 2 aromatic rings. The summed E-state index contributed by atoms with van der Waals surface area (Å²) in [5.41, 5.74) is 2.39. The number of nitrogens with zero attached hydrogens (tertiary/aromatic N) is 1. The van der Waals surface area contributed by atoms with Crippen molar-refractivity contribution in [2.24, 2.45) is 0 Å². The molecule has 1 heterocycles. The maximum atomic E-state index is 12.4. The van der Waals surface area contributed by atoms with Crippen molar-refractivity contribution in [1.29, 1.82) is 0 Å². The van der Waals surface area contributed by atoms with Gasteiger partial charge < -0.3 is 14.4 Å². The van der Waals surface area contributed by atoms with E-state index in [4.69, 9.17) is 4.42 Å². The highest BCUT2D eigenvalue weighted by atomic mass is 16.4. The fraction of sp³-hybridized carbons (Fsp3) is 0.368. The third kappa shape index (κ3) is 2.70. The Morgan fingerprint density at radius 3 is 2.58 bits per heavy atom. The van der Waals surface area contributed by atoms with E-state index in [-0.39, 0.29) is 22.7 Å². The number of fused-ring (bicyclic) bond motifs is 3. The summed E-state index contributed by atoms with van der Waals surface area (Å²) in [5, 5.41) is 11.2. The number of phenolic OH excluding ortho intramolecular Hbond substituents is 1. The minimum atomic E-state index is -0.328. The van der Waals surface area contributed by atoms with Gasteiger partial charge in [-0.15, -0.1) is 0 Å². The number of carbonyl (C=O) groups is 1. The first-order valence-corrected chi connectivity index (χ1v) is 8.10. The van der Waals surface area contributed by atoms with Gasteiger partial charge in [-0.1, -0.05) is 0 Å². The molecule has 5 nitrogen and oxygen atoms in total. The lowest BCUT2D eigenvalue weighted by molar-refractivity contribution is 0.104. The van der Waals surface area contributed by atoms with E-state index in [1.807, 2.05) is 14.1 Å². The third-order valence-corrected chi connectivity index (χ3v) is 4.51. The van der Waals surface area contributed by atoms with Crippen LogP contribution in [0.2, 0.25) is 0 Å². The molecule has 0 saturated carbocycles. The highest BCUT2D eigenvalue weighted by molar-refractivity contribution is 6.09. The summed E-state index contributed by atoms with van der Waals surface area (Å²) in [6.07, 6.45) is 6.54. The number of aryl methyl sites for hydroxylation is 2. The van der Waals surface area contributed by atoms with E-state index in [1.165, 1.54) is 6.08 Å². The smallest absolute Gasteiger partial charge is 0.339 e. The fourth-order valence-corrected chi connectivity index (χ4v) is 3.22. The lowest BCUT2D eigenvalue weighted by atomic mass is 9.89. The molecule has 0 aliphatic heterocycles. The number of ketones is 1. The molecule has 0 atom stereocenters. The number of allylic oxidation sites excluding steroid dienone is 1. The van der Waals surface area contributed by atoms with E-state index in [2.05, 4.69) is 0 Å². The summed E-state index contributed by atoms with van der Waals surface area (Å²) in [4.78, 5) is 26.4. The SMILES string of the molecule is Cc1c(O)c(C(=O)/C=C/N(C)C)cc2c3c(c(=O)oc12)CCCC3. The van der Waals surface area contributed by atoms with Gasteiger partial charge in [-0.3, -0.25) is 4.79 Å². The Labute approximate surface area is 140 Å². The first-order chi connectivity index (χ1) is 11.4. The van der Waals surface area contributed by atoms with Crippen LogP contribution in [0.3, 0.4) is 0 Å². The largest absolute Gasteiger partial charge is 0.507 e. The zero-order valence-electron chi connectivity index (χ0n) is 14.2. The van der Waals surface area contributed by atoms with Crippen molar-refractivity contribution in [2.45, 2.75) is 32.6 Å². The van der Waals surface area contributed by atoms with Crippen LogP contribution in [0.1, 0.15) is 39.9 Å². The second-order valence-electron chi connectivity index (χ2n) is 6.47. The highest BCUT2D eigenvalue weighted by Gasteiger charge is 2.22. The van der Waals surface area contributed by atoms with Gasteiger partial charge in [0.25, 0.3) is 0 Å². The van der Waals surface area contributed by atoms with Crippen molar-refractivity contribution in [3.63, 3.8) is 0 Å². The van der Waals surface area contributed by atoms with Crippen LogP contribution in [0.5, 0.6) is 5.75 Å². The van der Waals surface area contributed by atoms with Crippen LogP contribution < -0.4 is 5.63 Å². The van der Waals surface area contributed by atoms with Gasteiger partial charge in [0.15, 0.2) is 5.78 Å². The molecule has 1 N–H and O–H groups in total. The van der Waals surface area contributed by atoms with E-state index in [0.717, 1.165) is 30.2 Å². The molecule has 0 bridgehead atoms. The molecule has 1 aromatic carbocycles. The van der Waals surface area contributed by atoms with Gasteiger partial charge in [0, 0.05) is 42.9 Å². The molecular weight excluding hydrogens is 306 g/mol. The van der Waals surface area contributed by atoms with Crippen LogP contribution in [0.15, 0.2) is 27.6 Å². The van der Waals surface area contributed by atoms with Gasteiger partial charge >= 0.3 is 5.63 Å². The predicted octanol–water partition coefficient (Wildman–Crippen LogP) is 2.94. The first-order valence-electron chi connectivity index (χ1n) is 8.10. The van der Waals surface area contributed by atoms with Crippen LogP contribution in [0, 0.1) is 6.92 Å². The Kier molecular flexibility index (Phi) is 4.18. The zero-order valence-corrected chi connectivity index (χ0v) is 14.2. The Balaban J connectivity index is 2.26. The van der Waals surface area contributed by atoms with Crippen molar-refractivity contribution in [3.8, 4) is 5.75 Å². The summed E-state index contributed by atoms with van der Waals surface area (Å²) in [6.45, 7) is 1.67. The van der Waals surface area contributed by atoms with E-state index < -0.39 is 0 Å². The Morgan fingerprint density at radius 2 is 1.92 bits per heavy atom. The van der Waals surface area contributed by atoms with Crippen LogP contribution in [0.25, 0.3) is 11.0 Å². The molecule has 24 heavy (non-hydrogen) atoms. The molecule has 5 heteroatoms. The minimum absolute atomic E-state index is 0.130. The minimum Gasteiger partial charge on any atom is -0.507 e. The van der Waals surface area contributed by atoms with E-state index in [0.29, 0.717) is 23.1 Å². The van der Waals surface area contributed by atoms with Crippen molar-refractivity contribution in [2.75, 3.05) is 14.1 Å². The van der Waals surface area contributed by atoms with Gasteiger partial charge in [0.05, 0.1) is 5.56 Å². The summed E-state index contributed by atoms with van der Waals surface area (Å²) in [6, 6.07) is 1.66. The monoisotopic (exact) mass is 327 g/mol. The van der Waals surface area contributed by atoms with Crippen molar-refractivity contribution >= 4 is 16.8 Å². The van der Waals surface area contributed by atoms with Crippen molar-refractivity contribution < 1.29 is 14.3 Å². The number of aromatic hydroxyl groups is 1. The summed E-state index contributed by atoms with van der Waals surface area (Å²) >= 11 is 0. The molecule has 0 spiro atoms. The Hall–Kier alpha value is -2.56. The van der Waals surface area contributed by atoms with Gasteiger partial charge in [0.2, 0.25) is 0 Å². The van der Waals surface area contributed by atoms with Crippen molar-refractivity contribution in [3.05, 3.63) is 51.0 Å². The quantitative estimate of drug-likeness (QED) is 0.533. The molecule has 0 fully saturated rings. The molecule has 0 saturated heterocycles. The number of carbonyl (C=O) groups excluding carboxylic acids is 1. The van der Waals surface area contributed by atoms with Gasteiger partial charge in [0.1, 0.15) is 11.3 Å². The Morgan fingerprint density at radius 1 is 1.25 bits per heavy atom.